The molecule has 3 unspecified atom stereocenters. The summed E-state index contributed by atoms with van der Waals surface area (Å²) in [5, 5.41) is 3.26. The summed E-state index contributed by atoms with van der Waals surface area (Å²) in [4.78, 5) is 26.8. The van der Waals surface area contributed by atoms with Gasteiger partial charge in [0.05, 0.1) is 31.8 Å². The van der Waals surface area contributed by atoms with E-state index in [1.807, 2.05) is 24.3 Å². The van der Waals surface area contributed by atoms with Crippen LogP contribution in [0.15, 0.2) is 65.5 Å². The molecule has 0 fully saturated rings. The summed E-state index contributed by atoms with van der Waals surface area (Å²) in [6.07, 6.45) is 1.86. The molecule has 0 spiro atoms. The normalized spacial score (nSPS) is 21.7. The van der Waals surface area contributed by atoms with E-state index in [-0.39, 0.29) is 29.8 Å². The van der Waals surface area contributed by atoms with E-state index in [9.17, 15) is 9.59 Å². The first-order valence-electron chi connectivity index (χ1n) is 11.6. The van der Waals surface area contributed by atoms with Crippen molar-refractivity contribution in [3.63, 3.8) is 0 Å². The number of carbonyl (C=O) groups is 2. The monoisotopic (exact) mass is 479 g/mol. The van der Waals surface area contributed by atoms with Crippen molar-refractivity contribution < 1.29 is 28.2 Å². The third-order valence-electron chi connectivity index (χ3n) is 6.50. The Morgan fingerprint density at radius 3 is 2.43 bits per heavy atom. The highest BCUT2D eigenvalue weighted by molar-refractivity contribution is 5.96. The van der Waals surface area contributed by atoms with E-state index >= 15 is 4.39 Å². The highest BCUT2D eigenvalue weighted by atomic mass is 19.1. The first kappa shape index (κ1) is 24.5. The molecule has 0 amide bonds. The molecule has 4 rings (SSSR count). The van der Waals surface area contributed by atoms with E-state index in [4.69, 9.17) is 14.2 Å². The largest absolute Gasteiger partial charge is 0.493 e. The highest BCUT2D eigenvalue weighted by Gasteiger charge is 2.46. The molecule has 2 aromatic rings. The standard InChI is InChI=1S/C28H30FNO5/c1-15(2)35-28(32)25-16(3)30-21-12-18(17-10-11-23(33-4)24(14-17)34-5)13-22(31)27(21)26(25)19-8-6-7-9-20(19)29/h6-12,14-15,18,26-27,30H,13H2,1-5H3. The number of Topliss-reactive ketones (excluding diaryl/α,β-unsaturated/α-hetero) is 1. The van der Waals surface area contributed by atoms with Crippen LogP contribution >= 0.6 is 0 Å². The molecule has 1 N–H and O–H groups in total. The zero-order valence-electron chi connectivity index (χ0n) is 20.6. The van der Waals surface area contributed by atoms with E-state index in [0.29, 0.717) is 28.5 Å². The highest BCUT2D eigenvalue weighted by Crippen LogP contribution is 2.47. The second kappa shape index (κ2) is 9.94. The summed E-state index contributed by atoms with van der Waals surface area (Å²) in [5.41, 5.74) is 2.69. The second-order valence-electron chi connectivity index (χ2n) is 9.11. The Morgan fingerprint density at radius 2 is 1.77 bits per heavy atom. The van der Waals surface area contributed by atoms with Gasteiger partial charge in [0, 0.05) is 29.7 Å². The molecule has 2 aliphatic rings. The number of ketones is 1. The summed E-state index contributed by atoms with van der Waals surface area (Å²) < 4.78 is 31.3. The molecule has 0 radical (unpaired) electrons. The van der Waals surface area contributed by atoms with Crippen LogP contribution in [0, 0.1) is 11.7 Å². The molecule has 1 aliphatic carbocycles. The quantitative estimate of drug-likeness (QED) is 0.587. The molecule has 0 bridgehead atoms. The van der Waals surface area contributed by atoms with Crippen LogP contribution in [0.1, 0.15) is 50.2 Å². The summed E-state index contributed by atoms with van der Waals surface area (Å²) in [7, 11) is 3.13. The lowest BCUT2D eigenvalue weighted by Crippen LogP contribution is -2.42. The molecule has 0 saturated heterocycles. The van der Waals surface area contributed by atoms with Gasteiger partial charge >= 0.3 is 5.97 Å². The number of benzene rings is 2. The average Bonchev–Trinajstić information content (AvgIpc) is 2.82. The van der Waals surface area contributed by atoms with Crippen LogP contribution in [-0.2, 0) is 14.3 Å². The van der Waals surface area contributed by atoms with E-state index in [0.717, 1.165) is 5.56 Å². The molecule has 184 valence electrons. The molecular weight excluding hydrogens is 449 g/mol. The topological polar surface area (TPSA) is 73.9 Å². The number of rotatable bonds is 6. The zero-order valence-corrected chi connectivity index (χ0v) is 20.6. The Morgan fingerprint density at radius 1 is 1.06 bits per heavy atom. The van der Waals surface area contributed by atoms with Crippen molar-refractivity contribution in [2.75, 3.05) is 14.2 Å². The molecule has 1 aliphatic heterocycles. The average molecular weight is 480 g/mol. The lowest BCUT2D eigenvalue weighted by Gasteiger charge is -2.39. The molecule has 6 nitrogen and oxygen atoms in total. The van der Waals surface area contributed by atoms with Crippen LogP contribution < -0.4 is 14.8 Å². The Kier molecular flexibility index (Phi) is 6.96. The van der Waals surface area contributed by atoms with Crippen molar-refractivity contribution >= 4 is 11.8 Å². The first-order valence-corrected chi connectivity index (χ1v) is 11.6. The zero-order chi connectivity index (χ0) is 25.3. The fourth-order valence-electron chi connectivity index (χ4n) is 4.98. The number of esters is 1. The lowest BCUT2D eigenvalue weighted by atomic mass is 9.68. The number of halogens is 1. The van der Waals surface area contributed by atoms with Gasteiger partial charge in [-0.3, -0.25) is 4.79 Å². The maximum absolute atomic E-state index is 15.0. The van der Waals surface area contributed by atoms with Crippen LogP contribution in [0.2, 0.25) is 0 Å². The number of methoxy groups -OCH3 is 2. The van der Waals surface area contributed by atoms with E-state index in [1.165, 1.54) is 6.07 Å². The predicted molar refractivity (Wildman–Crippen MR) is 130 cm³/mol. The Balaban J connectivity index is 1.82. The minimum absolute atomic E-state index is 0.0783. The number of allylic oxidation sites excluding steroid dienone is 3. The van der Waals surface area contributed by atoms with Crippen LogP contribution in [0.3, 0.4) is 0 Å². The van der Waals surface area contributed by atoms with Crippen LogP contribution in [0.4, 0.5) is 4.39 Å². The van der Waals surface area contributed by atoms with Crippen LogP contribution in [0.25, 0.3) is 0 Å². The third-order valence-corrected chi connectivity index (χ3v) is 6.50. The number of hydrogen-bond donors (Lipinski definition) is 1. The van der Waals surface area contributed by atoms with E-state index in [2.05, 4.69) is 5.32 Å². The summed E-state index contributed by atoms with van der Waals surface area (Å²) in [6.45, 7) is 5.27. The fraction of sp³-hybridized carbons (Fsp3) is 0.357. The molecule has 0 saturated carbocycles. The molecule has 35 heavy (non-hydrogen) atoms. The van der Waals surface area contributed by atoms with Crippen molar-refractivity contribution in [1.29, 1.82) is 0 Å². The SMILES string of the molecule is COc1ccc(C2C=C3NC(C)=C(C(=O)OC(C)C)C(c4ccccc4F)C3C(=O)C2)cc1OC. The van der Waals surface area contributed by atoms with Crippen molar-refractivity contribution in [3.8, 4) is 11.5 Å². The minimum Gasteiger partial charge on any atom is -0.493 e. The molecule has 2 aromatic carbocycles. The first-order chi connectivity index (χ1) is 16.7. The number of hydrogen-bond acceptors (Lipinski definition) is 6. The van der Waals surface area contributed by atoms with E-state index < -0.39 is 23.6 Å². The van der Waals surface area contributed by atoms with Gasteiger partial charge in [0.1, 0.15) is 11.6 Å². The molecule has 3 atom stereocenters. The summed E-state index contributed by atoms with van der Waals surface area (Å²) >= 11 is 0. The number of ether oxygens (including phenoxy) is 3. The smallest absolute Gasteiger partial charge is 0.336 e. The molecule has 1 heterocycles. The number of carbonyl (C=O) groups excluding carboxylic acids is 2. The second-order valence-corrected chi connectivity index (χ2v) is 9.11. The van der Waals surface area contributed by atoms with Crippen molar-refractivity contribution in [2.45, 2.75) is 45.1 Å². The van der Waals surface area contributed by atoms with Gasteiger partial charge in [-0.1, -0.05) is 30.3 Å². The van der Waals surface area contributed by atoms with Gasteiger partial charge in [0.2, 0.25) is 0 Å². The van der Waals surface area contributed by atoms with Gasteiger partial charge in [0.25, 0.3) is 0 Å². The Bertz CT molecular complexity index is 1220. The number of nitrogens with one attached hydrogen (secondary N) is 1. The van der Waals surface area contributed by atoms with E-state index in [1.54, 1.807) is 53.2 Å². The van der Waals surface area contributed by atoms with Gasteiger partial charge in [0.15, 0.2) is 11.5 Å². The van der Waals surface area contributed by atoms with Crippen molar-refractivity contribution in [1.82, 2.24) is 5.32 Å². The predicted octanol–water partition coefficient (Wildman–Crippen LogP) is 5.01. The van der Waals surface area contributed by atoms with Gasteiger partial charge < -0.3 is 19.5 Å². The maximum atomic E-state index is 15.0. The van der Waals surface area contributed by atoms with Crippen molar-refractivity contribution in [2.24, 2.45) is 5.92 Å². The fourth-order valence-corrected chi connectivity index (χ4v) is 4.98. The Labute approximate surface area is 204 Å². The maximum Gasteiger partial charge on any atom is 0.336 e. The number of fused-ring (bicyclic) bond motifs is 1. The molecule has 0 aromatic heterocycles. The molecule has 7 heteroatoms. The van der Waals surface area contributed by atoms with Gasteiger partial charge in [-0.15, -0.1) is 0 Å². The van der Waals surface area contributed by atoms with Crippen molar-refractivity contribution in [3.05, 3.63) is 82.5 Å². The summed E-state index contributed by atoms with van der Waals surface area (Å²) in [6, 6.07) is 11.9. The van der Waals surface area contributed by atoms with Gasteiger partial charge in [-0.2, -0.15) is 0 Å². The summed E-state index contributed by atoms with van der Waals surface area (Å²) in [5.74, 6) is -1.62. The van der Waals surface area contributed by atoms with Crippen LogP contribution in [0.5, 0.6) is 11.5 Å². The third kappa shape index (κ3) is 4.67. The minimum atomic E-state index is -0.784. The lowest BCUT2D eigenvalue weighted by molar-refractivity contribution is -0.143. The Hall–Kier alpha value is -3.61. The van der Waals surface area contributed by atoms with Crippen LogP contribution in [-0.4, -0.2) is 32.1 Å². The van der Waals surface area contributed by atoms with Gasteiger partial charge in [-0.05, 0) is 50.1 Å². The van der Waals surface area contributed by atoms with Gasteiger partial charge in [-0.25, -0.2) is 9.18 Å². The molecular formula is C28H30FNO5.